The van der Waals surface area contributed by atoms with Gasteiger partial charge in [0.15, 0.2) is 0 Å². The van der Waals surface area contributed by atoms with Gasteiger partial charge in [0.05, 0.1) is 19.3 Å². The van der Waals surface area contributed by atoms with Crippen LogP contribution >= 0.6 is 0 Å². The van der Waals surface area contributed by atoms with Crippen molar-refractivity contribution >= 4 is 0 Å². The van der Waals surface area contributed by atoms with E-state index in [-0.39, 0.29) is 6.04 Å². The summed E-state index contributed by atoms with van der Waals surface area (Å²) in [5.41, 5.74) is 4.13. The first-order valence-corrected chi connectivity index (χ1v) is 11.6. The van der Waals surface area contributed by atoms with Crippen molar-refractivity contribution in [3.63, 3.8) is 0 Å². The highest BCUT2D eigenvalue weighted by Gasteiger charge is 2.45. The van der Waals surface area contributed by atoms with Crippen LogP contribution in [0.2, 0.25) is 0 Å². The molecule has 182 valence electrons. The SMILES string of the molecule is CCc1ccc(Cc2c(O[C@@H]3OC(CO)[C@@H](O)[C@H](O)[C@H]3O)nn(C3CCCOC3)c2C)cc1. The molecule has 3 heterocycles. The molecule has 33 heavy (non-hydrogen) atoms. The average molecular weight is 463 g/mol. The summed E-state index contributed by atoms with van der Waals surface area (Å²) in [6.07, 6.45) is -3.38. The molecule has 2 aliphatic rings. The van der Waals surface area contributed by atoms with Crippen LogP contribution in [-0.4, -0.2) is 80.7 Å². The second-order valence-corrected chi connectivity index (χ2v) is 8.85. The minimum atomic E-state index is -1.51. The lowest BCUT2D eigenvalue weighted by molar-refractivity contribution is -0.278. The van der Waals surface area contributed by atoms with Crippen molar-refractivity contribution in [1.82, 2.24) is 9.78 Å². The van der Waals surface area contributed by atoms with Gasteiger partial charge in [0, 0.05) is 24.3 Å². The number of aromatic nitrogens is 2. The molecule has 4 N–H and O–H groups in total. The number of nitrogens with zero attached hydrogens (tertiary/aromatic N) is 2. The van der Waals surface area contributed by atoms with E-state index in [4.69, 9.17) is 19.3 Å². The summed E-state index contributed by atoms with van der Waals surface area (Å²) in [6, 6.07) is 8.44. The van der Waals surface area contributed by atoms with E-state index in [1.165, 1.54) is 5.56 Å². The number of aliphatic hydroxyl groups is 4. The lowest BCUT2D eigenvalue weighted by atomic mass is 9.99. The summed E-state index contributed by atoms with van der Waals surface area (Å²) in [5.74, 6) is 0.293. The van der Waals surface area contributed by atoms with Gasteiger partial charge in [-0.1, -0.05) is 31.2 Å². The third kappa shape index (κ3) is 5.08. The van der Waals surface area contributed by atoms with Gasteiger partial charge in [-0.3, -0.25) is 4.68 Å². The third-order valence-corrected chi connectivity index (χ3v) is 6.61. The van der Waals surface area contributed by atoms with E-state index in [1.807, 2.05) is 11.6 Å². The molecular formula is C24H34N2O7. The fourth-order valence-corrected chi connectivity index (χ4v) is 4.47. The Balaban J connectivity index is 1.64. The molecule has 2 unspecified atom stereocenters. The van der Waals surface area contributed by atoms with Crippen LogP contribution in [0.1, 0.15) is 48.2 Å². The van der Waals surface area contributed by atoms with Crippen LogP contribution in [0.5, 0.6) is 5.88 Å². The van der Waals surface area contributed by atoms with Gasteiger partial charge in [0.1, 0.15) is 24.4 Å². The lowest BCUT2D eigenvalue weighted by Crippen LogP contribution is -2.60. The predicted molar refractivity (Wildman–Crippen MR) is 119 cm³/mol. The Bertz CT molecular complexity index is 908. The molecule has 2 aromatic rings. The molecule has 1 aromatic heterocycles. The summed E-state index contributed by atoms with van der Waals surface area (Å²) in [7, 11) is 0. The smallest absolute Gasteiger partial charge is 0.239 e. The molecule has 9 nitrogen and oxygen atoms in total. The van der Waals surface area contributed by atoms with Crippen LogP contribution in [0.4, 0.5) is 0 Å². The molecule has 0 aliphatic carbocycles. The largest absolute Gasteiger partial charge is 0.443 e. The maximum absolute atomic E-state index is 10.4. The van der Waals surface area contributed by atoms with Gasteiger partial charge in [-0.15, -0.1) is 5.10 Å². The number of hydrogen-bond acceptors (Lipinski definition) is 8. The van der Waals surface area contributed by atoms with Crippen LogP contribution in [0, 0.1) is 6.92 Å². The highest BCUT2D eigenvalue weighted by molar-refractivity contribution is 5.37. The van der Waals surface area contributed by atoms with Crippen molar-refractivity contribution in [2.45, 2.75) is 76.3 Å². The highest BCUT2D eigenvalue weighted by atomic mass is 16.7. The third-order valence-electron chi connectivity index (χ3n) is 6.61. The van der Waals surface area contributed by atoms with Crippen molar-refractivity contribution in [1.29, 1.82) is 0 Å². The molecule has 2 saturated heterocycles. The number of rotatable bonds is 7. The minimum absolute atomic E-state index is 0.0760. The zero-order valence-electron chi connectivity index (χ0n) is 19.1. The average Bonchev–Trinajstić information content (AvgIpc) is 3.15. The molecule has 6 atom stereocenters. The Morgan fingerprint density at radius 3 is 2.45 bits per heavy atom. The predicted octanol–water partition coefficient (Wildman–Crippen LogP) is 0.875. The van der Waals surface area contributed by atoms with E-state index >= 15 is 0 Å². The molecule has 2 aliphatic heterocycles. The zero-order chi connectivity index (χ0) is 23.5. The number of hydrogen-bond donors (Lipinski definition) is 4. The van der Waals surface area contributed by atoms with Crippen LogP contribution in [0.25, 0.3) is 0 Å². The second kappa shape index (κ2) is 10.5. The van der Waals surface area contributed by atoms with Crippen LogP contribution in [-0.2, 0) is 22.3 Å². The van der Waals surface area contributed by atoms with Crippen molar-refractivity contribution in [3.8, 4) is 5.88 Å². The molecule has 0 radical (unpaired) electrons. The highest BCUT2D eigenvalue weighted by Crippen LogP contribution is 2.32. The van der Waals surface area contributed by atoms with Gasteiger partial charge in [-0.2, -0.15) is 0 Å². The normalized spacial score (nSPS) is 30.4. The topological polar surface area (TPSA) is 126 Å². The molecule has 0 amide bonds. The lowest BCUT2D eigenvalue weighted by Gasteiger charge is -2.39. The number of ether oxygens (including phenoxy) is 3. The van der Waals surface area contributed by atoms with Crippen molar-refractivity contribution in [2.75, 3.05) is 19.8 Å². The Labute approximate surface area is 193 Å². The first kappa shape index (κ1) is 24.1. The Morgan fingerprint density at radius 1 is 1.09 bits per heavy atom. The van der Waals surface area contributed by atoms with Crippen molar-refractivity contribution in [3.05, 3.63) is 46.6 Å². The number of aryl methyl sites for hydroxylation is 1. The van der Waals surface area contributed by atoms with Gasteiger partial charge >= 0.3 is 0 Å². The van der Waals surface area contributed by atoms with Crippen molar-refractivity contribution in [2.24, 2.45) is 0 Å². The minimum Gasteiger partial charge on any atom is -0.443 e. The molecule has 1 aromatic carbocycles. The standard InChI is InChI=1S/C24H34N2O7/c1-3-15-6-8-16(9-7-15)11-18-14(2)26(17-5-4-10-31-13-17)25-23(18)33-24-22(30)21(29)20(28)19(12-27)32-24/h6-9,17,19-22,24,27-30H,3-5,10-13H2,1-2H3/t17?,19?,20-,21+,22-,24+/m1/s1. The number of benzene rings is 1. The molecule has 0 bridgehead atoms. The van der Waals surface area contributed by atoms with E-state index in [2.05, 4.69) is 31.2 Å². The fraction of sp³-hybridized carbons (Fsp3) is 0.625. The molecule has 0 spiro atoms. The molecule has 9 heteroatoms. The monoisotopic (exact) mass is 462 g/mol. The maximum atomic E-state index is 10.4. The maximum Gasteiger partial charge on any atom is 0.239 e. The van der Waals surface area contributed by atoms with Gasteiger partial charge in [-0.05, 0) is 37.3 Å². The van der Waals surface area contributed by atoms with Gasteiger partial charge in [0.25, 0.3) is 0 Å². The summed E-state index contributed by atoms with van der Waals surface area (Å²) >= 11 is 0. The molecule has 0 saturated carbocycles. The Kier molecular flexibility index (Phi) is 7.68. The van der Waals surface area contributed by atoms with E-state index < -0.39 is 37.3 Å². The van der Waals surface area contributed by atoms with Gasteiger partial charge in [-0.25, -0.2) is 0 Å². The van der Waals surface area contributed by atoms with Crippen LogP contribution in [0.15, 0.2) is 24.3 Å². The summed E-state index contributed by atoms with van der Waals surface area (Å²) < 4.78 is 19.1. The van der Waals surface area contributed by atoms with E-state index in [1.54, 1.807) is 0 Å². The molecular weight excluding hydrogens is 428 g/mol. The summed E-state index contributed by atoms with van der Waals surface area (Å²) in [4.78, 5) is 0. The molecule has 4 rings (SSSR count). The van der Waals surface area contributed by atoms with E-state index in [9.17, 15) is 20.4 Å². The van der Waals surface area contributed by atoms with E-state index in [0.29, 0.717) is 18.9 Å². The molecule has 2 fully saturated rings. The fourth-order valence-electron chi connectivity index (χ4n) is 4.47. The van der Waals surface area contributed by atoms with Crippen molar-refractivity contribution < 1.29 is 34.6 Å². The first-order chi connectivity index (χ1) is 15.9. The Morgan fingerprint density at radius 2 is 1.82 bits per heavy atom. The summed E-state index contributed by atoms with van der Waals surface area (Å²) in [6.45, 7) is 4.88. The van der Waals surface area contributed by atoms with Gasteiger partial charge < -0.3 is 34.6 Å². The first-order valence-electron chi connectivity index (χ1n) is 11.6. The summed E-state index contributed by atoms with van der Waals surface area (Å²) in [5, 5.41) is 44.9. The zero-order valence-corrected chi connectivity index (χ0v) is 19.1. The Hall–Kier alpha value is -2.01. The quantitative estimate of drug-likeness (QED) is 0.478. The van der Waals surface area contributed by atoms with E-state index in [0.717, 1.165) is 42.7 Å². The second-order valence-electron chi connectivity index (χ2n) is 8.85. The van der Waals surface area contributed by atoms with Gasteiger partial charge in [0.2, 0.25) is 12.2 Å². The number of aliphatic hydroxyl groups excluding tert-OH is 4. The van der Waals surface area contributed by atoms with Crippen LogP contribution < -0.4 is 4.74 Å². The van der Waals surface area contributed by atoms with Crippen LogP contribution in [0.3, 0.4) is 0 Å².